The topological polar surface area (TPSA) is 72.2 Å². The molecule has 0 aliphatic carbocycles. The Kier molecular flexibility index (Phi) is 4.37. The largest absolute Gasteiger partial charge is 0.398 e. The Morgan fingerprint density at radius 1 is 1.14 bits per heavy atom. The van der Waals surface area contributed by atoms with Crippen LogP contribution in [0.15, 0.2) is 35.2 Å². The van der Waals surface area contributed by atoms with Gasteiger partial charge in [0.15, 0.2) is 0 Å². The van der Waals surface area contributed by atoms with Crippen LogP contribution in [0.1, 0.15) is 11.1 Å². The van der Waals surface area contributed by atoms with Crippen LogP contribution in [0.4, 0.5) is 11.4 Å². The van der Waals surface area contributed by atoms with Crippen LogP contribution in [-0.4, -0.2) is 8.42 Å². The second-order valence-electron chi connectivity index (χ2n) is 4.66. The molecule has 0 saturated carbocycles. The van der Waals surface area contributed by atoms with Gasteiger partial charge in [0, 0.05) is 5.02 Å². The molecule has 0 heterocycles. The van der Waals surface area contributed by atoms with Gasteiger partial charge in [-0.2, -0.15) is 0 Å². The second kappa shape index (κ2) is 5.75. The van der Waals surface area contributed by atoms with Crippen molar-refractivity contribution in [3.05, 3.63) is 51.5 Å². The Morgan fingerprint density at radius 2 is 1.81 bits per heavy atom. The molecule has 0 atom stereocenters. The predicted molar refractivity (Wildman–Crippen MR) is 87.6 cm³/mol. The third-order valence-electron chi connectivity index (χ3n) is 3.15. The Bertz CT molecular complexity index is 782. The highest BCUT2D eigenvalue weighted by Crippen LogP contribution is 2.33. The van der Waals surface area contributed by atoms with E-state index < -0.39 is 10.0 Å². The number of benzene rings is 2. The van der Waals surface area contributed by atoms with E-state index in [4.69, 9.17) is 28.9 Å². The first-order chi connectivity index (χ1) is 9.72. The Hall–Kier alpha value is -1.43. The first kappa shape index (κ1) is 15.9. The molecule has 0 amide bonds. The van der Waals surface area contributed by atoms with Crippen molar-refractivity contribution in [3.63, 3.8) is 0 Å². The minimum atomic E-state index is -3.90. The third-order valence-corrected chi connectivity index (χ3v) is 5.26. The van der Waals surface area contributed by atoms with Gasteiger partial charge in [-0.15, -0.1) is 0 Å². The lowest BCUT2D eigenvalue weighted by Crippen LogP contribution is -2.16. The standard InChI is InChI=1S/C14H14Cl2N2O2S/c1-8-4-3-5-13(9(8)2)18-21(19,20)14-11(16)6-10(15)7-12(14)17/h3-7,18H,17H2,1-2H3. The van der Waals surface area contributed by atoms with E-state index in [2.05, 4.69) is 4.72 Å². The number of sulfonamides is 1. The van der Waals surface area contributed by atoms with Gasteiger partial charge in [-0.1, -0.05) is 35.3 Å². The van der Waals surface area contributed by atoms with Crippen molar-refractivity contribution in [3.8, 4) is 0 Å². The van der Waals surface area contributed by atoms with Gasteiger partial charge < -0.3 is 5.73 Å². The summed E-state index contributed by atoms with van der Waals surface area (Å²) in [7, 11) is -3.90. The van der Waals surface area contributed by atoms with Gasteiger partial charge in [0.05, 0.1) is 16.4 Å². The van der Waals surface area contributed by atoms with Crippen molar-refractivity contribution >= 4 is 44.6 Å². The summed E-state index contributed by atoms with van der Waals surface area (Å²) in [4.78, 5) is -0.172. The highest BCUT2D eigenvalue weighted by atomic mass is 35.5. The first-order valence-electron chi connectivity index (χ1n) is 6.06. The van der Waals surface area contributed by atoms with Crippen molar-refractivity contribution < 1.29 is 8.42 Å². The van der Waals surface area contributed by atoms with E-state index in [1.54, 1.807) is 12.1 Å². The molecule has 112 valence electrons. The average molecular weight is 345 g/mol. The van der Waals surface area contributed by atoms with Crippen LogP contribution in [0.3, 0.4) is 0 Å². The van der Waals surface area contributed by atoms with Crippen LogP contribution in [-0.2, 0) is 10.0 Å². The number of hydrogen-bond donors (Lipinski definition) is 2. The van der Waals surface area contributed by atoms with Gasteiger partial charge >= 0.3 is 0 Å². The molecule has 0 spiro atoms. The fourth-order valence-electron chi connectivity index (χ4n) is 1.92. The summed E-state index contributed by atoms with van der Waals surface area (Å²) in [6.07, 6.45) is 0. The highest BCUT2D eigenvalue weighted by Gasteiger charge is 2.22. The van der Waals surface area contributed by atoms with E-state index >= 15 is 0 Å². The lowest BCUT2D eigenvalue weighted by molar-refractivity contribution is 0.601. The smallest absolute Gasteiger partial charge is 0.265 e. The van der Waals surface area contributed by atoms with Gasteiger partial charge in [0.25, 0.3) is 10.0 Å². The minimum absolute atomic E-state index is 0.00491. The van der Waals surface area contributed by atoms with E-state index in [1.165, 1.54) is 12.1 Å². The predicted octanol–water partition coefficient (Wildman–Crippen LogP) is 3.99. The number of anilines is 2. The minimum Gasteiger partial charge on any atom is -0.398 e. The number of hydrogen-bond acceptors (Lipinski definition) is 3. The summed E-state index contributed by atoms with van der Waals surface area (Å²) in [6.45, 7) is 3.73. The maximum Gasteiger partial charge on any atom is 0.265 e. The zero-order valence-corrected chi connectivity index (χ0v) is 13.8. The molecule has 2 aromatic rings. The number of rotatable bonds is 3. The molecule has 4 nitrogen and oxygen atoms in total. The maximum absolute atomic E-state index is 12.5. The molecular weight excluding hydrogens is 331 g/mol. The summed E-state index contributed by atoms with van der Waals surface area (Å²) in [5, 5.41) is 0.265. The van der Waals surface area contributed by atoms with E-state index in [-0.39, 0.29) is 20.6 Å². The zero-order valence-electron chi connectivity index (χ0n) is 11.4. The Labute approximate surface area is 133 Å². The molecule has 0 radical (unpaired) electrons. The number of nitrogens with one attached hydrogen (secondary N) is 1. The van der Waals surface area contributed by atoms with Crippen molar-refractivity contribution in [2.45, 2.75) is 18.7 Å². The molecule has 0 aliphatic rings. The van der Waals surface area contributed by atoms with Crippen LogP contribution in [0.25, 0.3) is 0 Å². The molecule has 0 saturated heterocycles. The molecule has 0 fully saturated rings. The summed E-state index contributed by atoms with van der Waals surface area (Å²) in [5.74, 6) is 0. The quantitative estimate of drug-likeness (QED) is 0.826. The monoisotopic (exact) mass is 344 g/mol. The van der Waals surface area contributed by atoms with Gasteiger partial charge in [0.2, 0.25) is 0 Å². The lowest BCUT2D eigenvalue weighted by atomic mass is 10.1. The van der Waals surface area contributed by atoms with Crippen molar-refractivity contribution in [1.82, 2.24) is 0 Å². The number of nitrogens with two attached hydrogens (primary N) is 1. The van der Waals surface area contributed by atoms with Crippen LogP contribution in [0.2, 0.25) is 10.0 Å². The van der Waals surface area contributed by atoms with E-state index in [1.807, 2.05) is 19.9 Å². The fourth-order valence-corrected chi connectivity index (χ4v) is 4.03. The van der Waals surface area contributed by atoms with Crippen molar-refractivity contribution in [2.75, 3.05) is 10.5 Å². The zero-order chi connectivity index (χ0) is 15.8. The Morgan fingerprint density at radius 3 is 2.43 bits per heavy atom. The van der Waals surface area contributed by atoms with Crippen LogP contribution >= 0.6 is 23.2 Å². The summed E-state index contributed by atoms with van der Waals surface area (Å²) < 4.78 is 27.5. The third kappa shape index (κ3) is 3.26. The molecule has 3 N–H and O–H groups in total. The molecule has 2 aromatic carbocycles. The summed E-state index contributed by atoms with van der Waals surface area (Å²) >= 11 is 11.8. The molecule has 2 rings (SSSR count). The molecule has 0 unspecified atom stereocenters. The van der Waals surface area contributed by atoms with Crippen molar-refractivity contribution in [2.24, 2.45) is 0 Å². The number of aryl methyl sites for hydroxylation is 1. The van der Waals surface area contributed by atoms with Crippen LogP contribution < -0.4 is 10.5 Å². The maximum atomic E-state index is 12.5. The fraction of sp³-hybridized carbons (Fsp3) is 0.143. The summed E-state index contributed by atoms with van der Waals surface area (Å²) in [6, 6.07) is 8.05. The van der Waals surface area contributed by atoms with E-state index in [0.717, 1.165) is 11.1 Å². The Balaban J connectivity index is 2.51. The number of halogens is 2. The first-order valence-corrected chi connectivity index (χ1v) is 8.30. The lowest BCUT2D eigenvalue weighted by Gasteiger charge is -2.14. The van der Waals surface area contributed by atoms with Gasteiger partial charge in [-0.25, -0.2) is 8.42 Å². The number of nitrogen functional groups attached to an aromatic ring is 1. The normalized spacial score (nSPS) is 11.4. The molecule has 21 heavy (non-hydrogen) atoms. The van der Waals surface area contributed by atoms with Crippen LogP contribution in [0.5, 0.6) is 0 Å². The average Bonchev–Trinajstić information content (AvgIpc) is 2.33. The molecular formula is C14H14Cl2N2O2S. The highest BCUT2D eigenvalue weighted by molar-refractivity contribution is 7.93. The second-order valence-corrected chi connectivity index (χ2v) is 7.12. The molecule has 7 heteroatoms. The molecule has 0 bridgehead atoms. The van der Waals surface area contributed by atoms with E-state index in [9.17, 15) is 8.42 Å². The van der Waals surface area contributed by atoms with Crippen LogP contribution in [0, 0.1) is 13.8 Å². The molecule has 0 aliphatic heterocycles. The van der Waals surface area contributed by atoms with Gasteiger partial charge in [0.1, 0.15) is 4.90 Å². The van der Waals surface area contributed by atoms with E-state index in [0.29, 0.717) is 5.69 Å². The van der Waals surface area contributed by atoms with Crippen molar-refractivity contribution in [1.29, 1.82) is 0 Å². The molecule has 0 aromatic heterocycles. The van der Waals surface area contributed by atoms with Gasteiger partial charge in [-0.05, 0) is 43.2 Å². The summed E-state index contributed by atoms with van der Waals surface area (Å²) in [5.41, 5.74) is 8.05. The van der Waals surface area contributed by atoms with Gasteiger partial charge in [-0.3, -0.25) is 4.72 Å². The SMILES string of the molecule is Cc1cccc(NS(=O)(=O)c2c(N)cc(Cl)cc2Cl)c1C.